The van der Waals surface area contributed by atoms with Crippen molar-refractivity contribution in [3.63, 3.8) is 0 Å². The van der Waals surface area contributed by atoms with Gasteiger partial charge in [-0.15, -0.1) is 0 Å². The van der Waals surface area contributed by atoms with E-state index in [1.165, 1.54) is 0 Å². The number of imidazole rings is 1. The molecule has 0 aliphatic carbocycles. The Morgan fingerprint density at radius 3 is 2.88 bits per heavy atom. The molecule has 4 rings (SSSR count). The Kier molecular flexibility index (Phi) is 4.53. The highest BCUT2D eigenvalue weighted by atomic mass is 16.1. The quantitative estimate of drug-likeness (QED) is 0.747. The first-order valence-electron chi connectivity index (χ1n) is 8.80. The van der Waals surface area contributed by atoms with Crippen molar-refractivity contribution in [3.8, 4) is 0 Å². The Hall–Kier alpha value is -2.93. The minimum atomic E-state index is -0.0785. The van der Waals surface area contributed by atoms with Crippen molar-refractivity contribution < 1.29 is 4.79 Å². The number of nitrogens with zero attached hydrogens (tertiary/aromatic N) is 4. The number of pyridine rings is 1. The standard InChI is InChI=1S/C19H22N6O/c1-24-13-22-16-10-14(2-3-17(16)24)11-19(26)23-18-12-15(4-5-21-18)25-8-6-20-7-9-25/h2-5,10,12-13,20H,6-9,11H2,1H3,(H,21,23,26). The van der Waals surface area contributed by atoms with Crippen molar-refractivity contribution in [3.05, 3.63) is 48.4 Å². The highest BCUT2D eigenvalue weighted by Gasteiger charge is 2.12. The second kappa shape index (κ2) is 7.13. The molecule has 1 amide bonds. The summed E-state index contributed by atoms with van der Waals surface area (Å²) in [6.45, 7) is 3.86. The first-order chi connectivity index (χ1) is 12.7. The third kappa shape index (κ3) is 3.52. The molecule has 3 aromatic rings. The number of nitrogens with one attached hydrogen (secondary N) is 2. The number of amides is 1. The van der Waals surface area contributed by atoms with Crippen LogP contribution in [0.2, 0.25) is 0 Å². The Labute approximate surface area is 152 Å². The number of aryl methyl sites for hydroxylation is 1. The highest BCUT2D eigenvalue weighted by Crippen LogP contribution is 2.18. The van der Waals surface area contributed by atoms with Gasteiger partial charge < -0.3 is 20.1 Å². The zero-order valence-electron chi connectivity index (χ0n) is 14.8. The molecular weight excluding hydrogens is 328 g/mol. The molecule has 134 valence electrons. The molecule has 1 aliphatic rings. The third-order valence-electron chi connectivity index (χ3n) is 4.65. The maximum Gasteiger partial charge on any atom is 0.229 e. The van der Waals surface area contributed by atoms with Crippen LogP contribution in [0.4, 0.5) is 11.5 Å². The molecule has 2 aromatic heterocycles. The van der Waals surface area contributed by atoms with Gasteiger partial charge >= 0.3 is 0 Å². The Balaban J connectivity index is 1.43. The van der Waals surface area contributed by atoms with Crippen molar-refractivity contribution in [2.24, 2.45) is 7.05 Å². The van der Waals surface area contributed by atoms with Gasteiger partial charge in [0.05, 0.1) is 23.8 Å². The molecule has 7 heteroatoms. The van der Waals surface area contributed by atoms with Crippen molar-refractivity contribution >= 4 is 28.4 Å². The van der Waals surface area contributed by atoms with Gasteiger partial charge in [-0.2, -0.15) is 0 Å². The lowest BCUT2D eigenvalue weighted by Gasteiger charge is -2.29. The maximum absolute atomic E-state index is 12.4. The first kappa shape index (κ1) is 16.5. The molecule has 26 heavy (non-hydrogen) atoms. The van der Waals surface area contributed by atoms with Crippen LogP contribution in [0.5, 0.6) is 0 Å². The van der Waals surface area contributed by atoms with Crippen LogP contribution >= 0.6 is 0 Å². The maximum atomic E-state index is 12.4. The number of benzene rings is 1. The van der Waals surface area contributed by atoms with Gasteiger partial charge in [-0.3, -0.25) is 4.79 Å². The molecule has 1 aromatic carbocycles. The number of hydrogen-bond acceptors (Lipinski definition) is 5. The summed E-state index contributed by atoms with van der Waals surface area (Å²) in [4.78, 5) is 23.3. The van der Waals surface area contributed by atoms with E-state index in [9.17, 15) is 4.79 Å². The van der Waals surface area contributed by atoms with Crippen LogP contribution in [0.25, 0.3) is 11.0 Å². The molecule has 0 spiro atoms. The lowest BCUT2D eigenvalue weighted by molar-refractivity contribution is -0.115. The fourth-order valence-electron chi connectivity index (χ4n) is 3.27. The Bertz CT molecular complexity index is 929. The topological polar surface area (TPSA) is 75.1 Å². The Morgan fingerprint density at radius 1 is 1.19 bits per heavy atom. The number of aromatic nitrogens is 3. The number of piperazine rings is 1. The first-order valence-corrected chi connectivity index (χ1v) is 8.80. The zero-order chi connectivity index (χ0) is 17.9. The summed E-state index contributed by atoms with van der Waals surface area (Å²) >= 11 is 0. The highest BCUT2D eigenvalue weighted by molar-refractivity contribution is 5.92. The van der Waals surface area contributed by atoms with Gasteiger partial charge in [-0.25, -0.2) is 9.97 Å². The second-order valence-electron chi connectivity index (χ2n) is 6.54. The molecule has 1 saturated heterocycles. The van der Waals surface area contributed by atoms with Gasteiger partial charge in [0.25, 0.3) is 0 Å². The van der Waals surface area contributed by atoms with Crippen LogP contribution in [-0.4, -0.2) is 46.6 Å². The van der Waals surface area contributed by atoms with E-state index < -0.39 is 0 Å². The average Bonchev–Trinajstić information content (AvgIpc) is 3.03. The summed E-state index contributed by atoms with van der Waals surface area (Å²) in [6.07, 6.45) is 3.82. The smallest absolute Gasteiger partial charge is 0.229 e. The summed E-state index contributed by atoms with van der Waals surface area (Å²) in [7, 11) is 1.96. The number of carbonyl (C=O) groups excluding carboxylic acids is 1. The number of rotatable bonds is 4. The van der Waals surface area contributed by atoms with E-state index in [0.29, 0.717) is 12.2 Å². The predicted molar refractivity (Wildman–Crippen MR) is 102 cm³/mol. The van der Waals surface area contributed by atoms with E-state index in [2.05, 4.69) is 25.5 Å². The van der Waals surface area contributed by atoms with E-state index in [1.807, 2.05) is 41.9 Å². The van der Waals surface area contributed by atoms with Crippen LogP contribution in [0.3, 0.4) is 0 Å². The van der Waals surface area contributed by atoms with Crippen molar-refractivity contribution in [2.75, 3.05) is 36.4 Å². The minimum absolute atomic E-state index is 0.0785. The van der Waals surface area contributed by atoms with E-state index in [4.69, 9.17) is 0 Å². The number of hydrogen-bond donors (Lipinski definition) is 2. The van der Waals surface area contributed by atoms with E-state index >= 15 is 0 Å². The molecule has 1 fully saturated rings. The van der Waals surface area contributed by atoms with Crippen molar-refractivity contribution in [2.45, 2.75) is 6.42 Å². The normalized spacial score (nSPS) is 14.6. The van der Waals surface area contributed by atoms with Gasteiger partial charge in [0.15, 0.2) is 0 Å². The van der Waals surface area contributed by atoms with Gasteiger partial charge in [0, 0.05) is 51.2 Å². The number of anilines is 2. The lowest BCUT2D eigenvalue weighted by Crippen LogP contribution is -2.43. The van der Waals surface area contributed by atoms with Crippen molar-refractivity contribution in [1.82, 2.24) is 19.9 Å². The molecular formula is C19H22N6O. The number of carbonyl (C=O) groups is 1. The molecule has 0 saturated carbocycles. The van der Waals surface area contributed by atoms with Crippen LogP contribution in [-0.2, 0) is 18.3 Å². The predicted octanol–water partition coefficient (Wildman–Crippen LogP) is 1.56. The van der Waals surface area contributed by atoms with Crippen LogP contribution in [0.15, 0.2) is 42.9 Å². The van der Waals surface area contributed by atoms with Gasteiger partial charge in [0.1, 0.15) is 5.82 Å². The molecule has 0 bridgehead atoms. The zero-order valence-corrected chi connectivity index (χ0v) is 14.8. The minimum Gasteiger partial charge on any atom is -0.369 e. The largest absolute Gasteiger partial charge is 0.369 e. The molecule has 2 N–H and O–H groups in total. The van der Waals surface area contributed by atoms with Gasteiger partial charge in [-0.05, 0) is 23.8 Å². The molecule has 7 nitrogen and oxygen atoms in total. The van der Waals surface area contributed by atoms with Crippen molar-refractivity contribution in [1.29, 1.82) is 0 Å². The van der Waals surface area contributed by atoms with Crippen LogP contribution in [0.1, 0.15) is 5.56 Å². The monoisotopic (exact) mass is 350 g/mol. The van der Waals surface area contributed by atoms with Crippen LogP contribution in [0, 0.1) is 0 Å². The van der Waals surface area contributed by atoms with E-state index in [0.717, 1.165) is 48.5 Å². The fraction of sp³-hybridized carbons (Fsp3) is 0.316. The summed E-state index contributed by atoms with van der Waals surface area (Å²) in [5.41, 5.74) is 3.98. The molecule has 0 atom stereocenters. The molecule has 0 unspecified atom stereocenters. The van der Waals surface area contributed by atoms with Crippen LogP contribution < -0.4 is 15.5 Å². The fourth-order valence-corrected chi connectivity index (χ4v) is 3.27. The third-order valence-corrected chi connectivity index (χ3v) is 4.65. The summed E-state index contributed by atoms with van der Waals surface area (Å²) in [5.74, 6) is 0.509. The second-order valence-corrected chi connectivity index (χ2v) is 6.54. The summed E-state index contributed by atoms with van der Waals surface area (Å²) in [6, 6.07) is 9.84. The number of fused-ring (bicyclic) bond motifs is 1. The summed E-state index contributed by atoms with van der Waals surface area (Å²) < 4.78 is 1.96. The average molecular weight is 350 g/mol. The molecule has 3 heterocycles. The van der Waals surface area contributed by atoms with E-state index in [1.54, 1.807) is 12.5 Å². The lowest BCUT2D eigenvalue weighted by atomic mass is 10.1. The molecule has 0 radical (unpaired) electrons. The van der Waals surface area contributed by atoms with Gasteiger partial charge in [0.2, 0.25) is 5.91 Å². The van der Waals surface area contributed by atoms with Gasteiger partial charge in [-0.1, -0.05) is 6.07 Å². The van der Waals surface area contributed by atoms with E-state index in [-0.39, 0.29) is 5.91 Å². The Morgan fingerprint density at radius 2 is 2.04 bits per heavy atom. The molecule has 1 aliphatic heterocycles. The SMILES string of the molecule is Cn1cnc2cc(CC(=O)Nc3cc(N4CCNCC4)ccn3)ccc21. The summed E-state index contributed by atoms with van der Waals surface area (Å²) in [5, 5.41) is 6.24.